The standard InChI is InChI=1S/C20H26Cl2O3/c1-13-5-4-6-15(11-13)25-20(23)19(18-7-2-3-10-24-18)14-8-9-16(21)17(22)12-14/h8-9,12-13,15,18-19H,2-7,10-11H2,1H3. The van der Waals surface area contributed by atoms with E-state index in [1.165, 1.54) is 6.42 Å². The van der Waals surface area contributed by atoms with Crippen LogP contribution in [0.3, 0.4) is 0 Å². The lowest BCUT2D eigenvalue weighted by molar-refractivity contribution is -0.158. The summed E-state index contributed by atoms with van der Waals surface area (Å²) in [4.78, 5) is 13.0. The van der Waals surface area contributed by atoms with E-state index in [4.69, 9.17) is 32.7 Å². The van der Waals surface area contributed by atoms with E-state index >= 15 is 0 Å². The Morgan fingerprint density at radius 1 is 1.16 bits per heavy atom. The smallest absolute Gasteiger partial charge is 0.316 e. The van der Waals surface area contributed by atoms with Gasteiger partial charge in [-0.3, -0.25) is 4.79 Å². The maximum Gasteiger partial charge on any atom is 0.316 e. The Balaban J connectivity index is 1.79. The molecule has 1 heterocycles. The molecule has 1 aromatic carbocycles. The summed E-state index contributed by atoms with van der Waals surface area (Å²) in [5.41, 5.74) is 0.829. The molecule has 5 heteroatoms. The van der Waals surface area contributed by atoms with Crippen LogP contribution in [0.25, 0.3) is 0 Å². The molecule has 0 bridgehead atoms. The number of esters is 1. The molecular formula is C20H26Cl2O3. The lowest BCUT2D eigenvalue weighted by atomic mass is 9.87. The molecule has 1 saturated carbocycles. The molecule has 4 unspecified atom stereocenters. The van der Waals surface area contributed by atoms with Gasteiger partial charge in [-0.05, 0) is 62.1 Å². The molecule has 0 N–H and O–H groups in total. The average Bonchev–Trinajstić information content (AvgIpc) is 2.59. The second-order valence-corrected chi connectivity index (χ2v) is 8.20. The van der Waals surface area contributed by atoms with Crippen LogP contribution in [0.4, 0.5) is 0 Å². The summed E-state index contributed by atoms with van der Waals surface area (Å²) in [7, 11) is 0. The molecule has 0 aromatic heterocycles. The number of rotatable bonds is 4. The molecule has 3 nitrogen and oxygen atoms in total. The molecule has 25 heavy (non-hydrogen) atoms. The highest BCUT2D eigenvalue weighted by molar-refractivity contribution is 6.42. The van der Waals surface area contributed by atoms with Crippen molar-refractivity contribution in [2.75, 3.05) is 6.61 Å². The van der Waals surface area contributed by atoms with E-state index in [2.05, 4.69) is 6.92 Å². The zero-order valence-corrected chi connectivity index (χ0v) is 16.2. The zero-order valence-electron chi connectivity index (χ0n) is 14.7. The van der Waals surface area contributed by atoms with Crippen LogP contribution in [0.5, 0.6) is 0 Å². The van der Waals surface area contributed by atoms with Gasteiger partial charge < -0.3 is 9.47 Å². The molecule has 4 atom stereocenters. The number of hydrogen-bond acceptors (Lipinski definition) is 3. The van der Waals surface area contributed by atoms with E-state index in [1.807, 2.05) is 6.07 Å². The molecule has 0 radical (unpaired) electrons. The molecule has 3 rings (SSSR count). The molecular weight excluding hydrogens is 359 g/mol. The van der Waals surface area contributed by atoms with Gasteiger partial charge in [0.2, 0.25) is 0 Å². The summed E-state index contributed by atoms with van der Waals surface area (Å²) in [6, 6.07) is 5.38. The van der Waals surface area contributed by atoms with Gasteiger partial charge in [-0.15, -0.1) is 0 Å². The van der Waals surface area contributed by atoms with E-state index in [9.17, 15) is 4.79 Å². The third kappa shape index (κ3) is 4.90. The fourth-order valence-electron chi connectivity index (χ4n) is 3.96. The first kappa shape index (κ1) is 19.0. The molecule has 1 aliphatic heterocycles. The first-order valence-electron chi connectivity index (χ1n) is 9.31. The number of benzene rings is 1. The molecule has 1 saturated heterocycles. The Morgan fingerprint density at radius 2 is 2.00 bits per heavy atom. The maximum atomic E-state index is 13.0. The largest absolute Gasteiger partial charge is 0.462 e. The molecule has 2 fully saturated rings. The molecule has 0 spiro atoms. The first-order valence-corrected chi connectivity index (χ1v) is 10.1. The van der Waals surface area contributed by atoms with Gasteiger partial charge in [-0.2, -0.15) is 0 Å². The predicted octanol–water partition coefficient (Wildman–Crippen LogP) is 5.77. The van der Waals surface area contributed by atoms with Crippen molar-refractivity contribution in [1.29, 1.82) is 0 Å². The third-order valence-corrected chi connectivity index (χ3v) is 6.05. The first-order chi connectivity index (χ1) is 12.0. The number of carbonyl (C=O) groups is 1. The summed E-state index contributed by atoms with van der Waals surface area (Å²) in [5, 5.41) is 0.947. The second kappa shape index (κ2) is 8.75. The molecule has 1 aromatic rings. The van der Waals surface area contributed by atoms with E-state index in [1.54, 1.807) is 12.1 Å². The minimum absolute atomic E-state index is 0.0186. The van der Waals surface area contributed by atoms with Gasteiger partial charge in [0.1, 0.15) is 12.0 Å². The topological polar surface area (TPSA) is 35.5 Å². The number of ether oxygens (including phenoxy) is 2. The lowest BCUT2D eigenvalue weighted by Gasteiger charge is -2.32. The third-order valence-electron chi connectivity index (χ3n) is 5.31. The Hall–Kier alpha value is -0.770. The monoisotopic (exact) mass is 384 g/mol. The minimum Gasteiger partial charge on any atom is -0.462 e. The highest BCUT2D eigenvalue weighted by atomic mass is 35.5. The van der Waals surface area contributed by atoms with Gasteiger partial charge >= 0.3 is 5.97 Å². The second-order valence-electron chi connectivity index (χ2n) is 7.39. The van der Waals surface area contributed by atoms with Crippen molar-refractivity contribution in [2.24, 2.45) is 5.92 Å². The Kier molecular flexibility index (Phi) is 6.65. The Morgan fingerprint density at radius 3 is 2.68 bits per heavy atom. The van der Waals surface area contributed by atoms with Crippen LogP contribution in [-0.4, -0.2) is 24.8 Å². The normalized spacial score (nSPS) is 28.4. The van der Waals surface area contributed by atoms with Crippen molar-refractivity contribution < 1.29 is 14.3 Å². The highest BCUT2D eigenvalue weighted by Gasteiger charge is 2.35. The Labute approximate surface area is 160 Å². The average molecular weight is 385 g/mol. The van der Waals surface area contributed by atoms with E-state index < -0.39 is 5.92 Å². The van der Waals surface area contributed by atoms with Crippen LogP contribution in [0.15, 0.2) is 18.2 Å². The number of halogens is 2. The van der Waals surface area contributed by atoms with E-state index in [-0.39, 0.29) is 18.2 Å². The van der Waals surface area contributed by atoms with Gasteiger partial charge in [0.05, 0.1) is 16.1 Å². The van der Waals surface area contributed by atoms with Gasteiger partial charge in [-0.25, -0.2) is 0 Å². The fourth-order valence-corrected chi connectivity index (χ4v) is 4.27. The van der Waals surface area contributed by atoms with E-state index in [0.717, 1.165) is 44.1 Å². The fraction of sp³-hybridized carbons (Fsp3) is 0.650. The quantitative estimate of drug-likeness (QED) is 0.618. The van der Waals surface area contributed by atoms with Crippen LogP contribution in [-0.2, 0) is 14.3 Å². The summed E-state index contributed by atoms with van der Waals surface area (Å²) in [6.45, 7) is 2.91. The SMILES string of the molecule is CC1CCCC(OC(=O)C(c2ccc(Cl)c(Cl)c2)C2CCCCO2)C1. The minimum atomic E-state index is -0.438. The number of hydrogen-bond donors (Lipinski definition) is 0. The zero-order chi connectivity index (χ0) is 17.8. The lowest BCUT2D eigenvalue weighted by Crippen LogP contribution is -2.35. The van der Waals surface area contributed by atoms with Gasteiger partial charge in [0.15, 0.2) is 0 Å². The van der Waals surface area contributed by atoms with Crippen molar-refractivity contribution in [3.63, 3.8) is 0 Å². The maximum absolute atomic E-state index is 13.0. The van der Waals surface area contributed by atoms with Crippen molar-refractivity contribution in [3.8, 4) is 0 Å². The van der Waals surface area contributed by atoms with Crippen molar-refractivity contribution in [3.05, 3.63) is 33.8 Å². The summed E-state index contributed by atoms with van der Waals surface area (Å²) in [6.07, 6.45) is 7.08. The van der Waals surface area contributed by atoms with Crippen LogP contribution >= 0.6 is 23.2 Å². The van der Waals surface area contributed by atoms with Crippen LogP contribution < -0.4 is 0 Å². The highest BCUT2D eigenvalue weighted by Crippen LogP contribution is 2.35. The van der Waals surface area contributed by atoms with Crippen molar-refractivity contribution >= 4 is 29.2 Å². The Bertz CT molecular complexity index is 599. The summed E-state index contributed by atoms with van der Waals surface area (Å²) < 4.78 is 11.8. The van der Waals surface area contributed by atoms with E-state index in [0.29, 0.717) is 22.6 Å². The molecule has 2 aliphatic rings. The van der Waals surface area contributed by atoms with Crippen LogP contribution in [0.1, 0.15) is 63.4 Å². The van der Waals surface area contributed by atoms with Crippen molar-refractivity contribution in [2.45, 2.75) is 70.0 Å². The summed E-state index contributed by atoms with van der Waals surface area (Å²) >= 11 is 12.2. The van der Waals surface area contributed by atoms with Gasteiger partial charge in [0, 0.05) is 6.61 Å². The molecule has 1 aliphatic carbocycles. The van der Waals surface area contributed by atoms with Gasteiger partial charge in [0.25, 0.3) is 0 Å². The summed E-state index contributed by atoms with van der Waals surface area (Å²) in [5.74, 6) is -0.0161. The van der Waals surface area contributed by atoms with Crippen LogP contribution in [0.2, 0.25) is 10.0 Å². The predicted molar refractivity (Wildman–Crippen MR) is 100 cm³/mol. The molecule has 0 amide bonds. The van der Waals surface area contributed by atoms with Gasteiger partial charge in [-0.1, -0.05) is 42.6 Å². The molecule has 138 valence electrons. The van der Waals surface area contributed by atoms with Crippen molar-refractivity contribution in [1.82, 2.24) is 0 Å². The number of carbonyl (C=O) groups excluding carboxylic acids is 1. The van der Waals surface area contributed by atoms with Crippen LogP contribution in [0, 0.1) is 5.92 Å².